The van der Waals surface area contributed by atoms with E-state index in [-0.39, 0.29) is 0 Å². The smallest absolute Gasteiger partial charge is 0.186 e. The van der Waals surface area contributed by atoms with Gasteiger partial charge >= 0.3 is 0 Å². The summed E-state index contributed by atoms with van der Waals surface area (Å²) in [5.41, 5.74) is 0. The SMILES string of the molecule is CO[Si](C)(C)CCCCCCCCCCCS. The third kappa shape index (κ3) is 12.8. The Morgan fingerprint density at radius 1 is 0.765 bits per heavy atom. The zero-order valence-corrected chi connectivity index (χ0v) is 14.0. The monoisotopic (exact) mass is 276 g/mol. The Morgan fingerprint density at radius 3 is 1.59 bits per heavy atom. The molecule has 0 aliphatic rings. The maximum Gasteiger partial charge on any atom is 0.186 e. The molecule has 0 atom stereocenters. The van der Waals surface area contributed by atoms with Crippen molar-refractivity contribution in [3.63, 3.8) is 0 Å². The molecule has 0 heterocycles. The van der Waals surface area contributed by atoms with Crippen molar-refractivity contribution in [2.45, 2.75) is 76.9 Å². The van der Waals surface area contributed by atoms with Gasteiger partial charge in [0.05, 0.1) is 0 Å². The lowest BCUT2D eigenvalue weighted by Gasteiger charge is -2.19. The van der Waals surface area contributed by atoms with Gasteiger partial charge in [0.1, 0.15) is 0 Å². The van der Waals surface area contributed by atoms with E-state index in [2.05, 4.69) is 25.7 Å². The molecular weight excluding hydrogens is 244 g/mol. The van der Waals surface area contributed by atoms with E-state index in [9.17, 15) is 0 Å². The third-order valence-corrected chi connectivity index (χ3v) is 6.47. The number of hydrogen-bond donors (Lipinski definition) is 1. The average molecular weight is 277 g/mol. The molecule has 0 saturated heterocycles. The highest BCUT2D eigenvalue weighted by atomic mass is 32.1. The number of unbranched alkanes of at least 4 members (excludes halogenated alkanes) is 8. The van der Waals surface area contributed by atoms with E-state index in [1.165, 1.54) is 63.8 Å². The lowest BCUT2D eigenvalue weighted by molar-refractivity contribution is 0.400. The molecule has 0 unspecified atom stereocenters. The first-order valence-corrected chi connectivity index (χ1v) is 11.0. The van der Waals surface area contributed by atoms with Gasteiger partial charge < -0.3 is 4.43 Å². The Bertz CT molecular complexity index is 162. The highest BCUT2D eigenvalue weighted by molar-refractivity contribution is 7.80. The lowest BCUT2D eigenvalue weighted by atomic mass is 10.1. The van der Waals surface area contributed by atoms with Crippen LogP contribution < -0.4 is 0 Å². The third-order valence-electron chi connectivity index (χ3n) is 3.49. The summed E-state index contributed by atoms with van der Waals surface area (Å²) in [6.07, 6.45) is 12.5. The molecule has 0 bridgehead atoms. The van der Waals surface area contributed by atoms with Crippen molar-refractivity contribution in [1.82, 2.24) is 0 Å². The summed E-state index contributed by atoms with van der Waals surface area (Å²) in [6.45, 7) is 4.63. The molecule has 1 nitrogen and oxygen atoms in total. The normalized spacial score (nSPS) is 12.0. The van der Waals surface area contributed by atoms with Crippen LogP contribution in [0.4, 0.5) is 0 Å². The van der Waals surface area contributed by atoms with Crippen molar-refractivity contribution in [2.75, 3.05) is 12.9 Å². The Balaban J connectivity index is 3.09. The first-order valence-electron chi connectivity index (χ1n) is 7.28. The molecule has 0 aliphatic carbocycles. The Labute approximate surface area is 115 Å². The molecule has 3 heteroatoms. The molecule has 0 saturated carbocycles. The predicted molar refractivity (Wildman–Crippen MR) is 84.7 cm³/mol. The van der Waals surface area contributed by atoms with Crippen LogP contribution in [0.5, 0.6) is 0 Å². The fourth-order valence-electron chi connectivity index (χ4n) is 2.00. The number of thiol groups is 1. The number of hydrogen-bond acceptors (Lipinski definition) is 2. The molecule has 0 fully saturated rings. The van der Waals surface area contributed by atoms with Crippen LogP contribution in [0.2, 0.25) is 19.1 Å². The second kappa shape index (κ2) is 11.6. The molecule has 0 aliphatic heterocycles. The molecule has 0 rings (SSSR count). The zero-order chi connectivity index (χ0) is 13.0. The number of rotatable bonds is 12. The quantitative estimate of drug-likeness (QED) is 0.290. The van der Waals surface area contributed by atoms with Crippen molar-refractivity contribution in [2.24, 2.45) is 0 Å². The van der Waals surface area contributed by atoms with Gasteiger partial charge in [0, 0.05) is 7.11 Å². The molecular formula is C14H32OSSi. The maximum absolute atomic E-state index is 5.55. The van der Waals surface area contributed by atoms with E-state index in [1.54, 1.807) is 0 Å². The molecule has 0 amide bonds. The summed E-state index contributed by atoms with van der Waals surface area (Å²) in [6, 6.07) is 1.32. The summed E-state index contributed by atoms with van der Waals surface area (Å²) in [4.78, 5) is 0. The Hall–Kier alpha value is 0.527. The molecule has 17 heavy (non-hydrogen) atoms. The van der Waals surface area contributed by atoms with Gasteiger partial charge in [-0.2, -0.15) is 12.6 Å². The fourth-order valence-corrected chi connectivity index (χ4v) is 3.53. The summed E-state index contributed by atoms with van der Waals surface area (Å²) >= 11 is 4.23. The van der Waals surface area contributed by atoms with Gasteiger partial charge in [-0.25, -0.2) is 0 Å². The first kappa shape index (κ1) is 17.5. The van der Waals surface area contributed by atoms with Gasteiger partial charge in [-0.05, 0) is 31.3 Å². The Morgan fingerprint density at radius 2 is 1.18 bits per heavy atom. The van der Waals surface area contributed by atoms with E-state index in [1.807, 2.05) is 7.11 Å². The van der Waals surface area contributed by atoms with Crippen LogP contribution in [0.25, 0.3) is 0 Å². The van der Waals surface area contributed by atoms with Crippen molar-refractivity contribution < 1.29 is 4.43 Å². The van der Waals surface area contributed by atoms with E-state index in [0.717, 1.165) is 5.75 Å². The van der Waals surface area contributed by atoms with Crippen LogP contribution in [-0.2, 0) is 4.43 Å². The van der Waals surface area contributed by atoms with Crippen LogP contribution >= 0.6 is 12.6 Å². The summed E-state index contributed by atoms with van der Waals surface area (Å²) in [5.74, 6) is 1.05. The topological polar surface area (TPSA) is 9.23 Å². The molecule has 0 spiro atoms. The van der Waals surface area contributed by atoms with Crippen molar-refractivity contribution >= 4 is 20.9 Å². The second-order valence-corrected chi connectivity index (χ2v) is 10.5. The first-order chi connectivity index (χ1) is 8.12. The van der Waals surface area contributed by atoms with Gasteiger partial charge in [-0.15, -0.1) is 0 Å². The van der Waals surface area contributed by atoms with E-state index >= 15 is 0 Å². The van der Waals surface area contributed by atoms with Crippen LogP contribution in [0, 0.1) is 0 Å². The summed E-state index contributed by atoms with van der Waals surface area (Å²) < 4.78 is 5.55. The van der Waals surface area contributed by atoms with Crippen LogP contribution in [0.15, 0.2) is 0 Å². The van der Waals surface area contributed by atoms with Gasteiger partial charge in [0.2, 0.25) is 0 Å². The van der Waals surface area contributed by atoms with Crippen LogP contribution in [0.3, 0.4) is 0 Å². The molecule has 0 aromatic rings. The average Bonchev–Trinajstić information content (AvgIpc) is 2.31. The molecule has 0 aromatic heterocycles. The minimum Gasteiger partial charge on any atom is -0.420 e. The van der Waals surface area contributed by atoms with E-state index < -0.39 is 8.32 Å². The second-order valence-electron chi connectivity index (χ2n) is 5.62. The standard InChI is InChI=1S/C14H32OSSi/c1-15-17(2,3)14-12-10-8-6-4-5-7-9-11-13-16/h16H,4-14H2,1-3H3. The predicted octanol–water partition coefficient (Wildman–Crippen LogP) is 5.28. The zero-order valence-electron chi connectivity index (χ0n) is 12.1. The summed E-state index contributed by atoms with van der Waals surface area (Å²) in [5, 5.41) is 0. The van der Waals surface area contributed by atoms with Crippen LogP contribution in [-0.4, -0.2) is 21.2 Å². The molecule has 0 N–H and O–H groups in total. The minimum atomic E-state index is -1.27. The van der Waals surface area contributed by atoms with E-state index in [0.29, 0.717) is 0 Å². The molecule has 0 radical (unpaired) electrons. The Kier molecular flexibility index (Phi) is 12.0. The van der Waals surface area contributed by atoms with Crippen molar-refractivity contribution in [3.8, 4) is 0 Å². The molecule has 104 valence electrons. The minimum absolute atomic E-state index is 1.05. The van der Waals surface area contributed by atoms with Crippen molar-refractivity contribution in [3.05, 3.63) is 0 Å². The highest BCUT2D eigenvalue weighted by Gasteiger charge is 2.18. The summed E-state index contributed by atoms with van der Waals surface area (Å²) in [7, 11) is 0.597. The van der Waals surface area contributed by atoms with Gasteiger partial charge in [0.15, 0.2) is 8.32 Å². The fraction of sp³-hybridized carbons (Fsp3) is 1.00. The van der Waals surface area contributed by atoms with Crippen molar-refractivity contribution in [1.29, 1.82) is 0 Å². The lowest BCUT2D eigenvalue weighted by Crippen LogP contribution is -2.27. The van der Waals surface area contributed by atoms with Crippen LogP contribution in [0.1, 0.15) is 57.8 Å². The maximum atomic E-state index is 5.55. The van der Waals surface area contributed by atoms with E-state index in [4.69, 9.17) is 4.43 Å². The molecule has 0 aromatic carbocycles. The van der Waals surface area contributed by atoms with Gasteiger partial charge in [-0.3, -0.25) is 0 Å². The highest BCUT2D eigenvalue weighted by Crippen LogP contribution is 2.16. The largest absolute Gasteiger partial charge is 0.420 e. The van der Waals surface area contributed by atoms with Gasteiger partial charge in [-0.1, -0.05) is 51.4 Å². The van der Waals surface area contributed by atoms with Gasteiger partial charge in [0.25, 0.3) is 0 Å².